The fraction of sp³-hybridized carbons (Fsp3) is 0.875. The summed E-state index contributed by atoms with van der Waals surface area (Å²) in [5.74, 6) is 1.30. The molecule has 18 heavy (non-hydrogen) atoms. The molecule has 0 bridgehead atoms. The molecular weight excluding hydrogens is 222 g/mol. The van der Waals surface area contributed by atoms with Crippen molar-refractivity contribution in [1.82, 2.24) is 0 Å². The second kappa shape index (κ2) is 6.36. The predicted octanol–water partition coefficient (Wildman–Crippen LogP) is 4.35. The van der Waals surface area contributed by atoms with E-state index < -0.39 is 0 Å². The average molecular weight is 249 g/mol. The molecule has 1 fully saturated rings. The van der Waals surface area contributed by atoms with Gasteiger partial charge in [-0.3, -0.25) is 4.79 Å². The minimum absolute atomic E-state index is 0.0220. The quantitative estimate of drug-likeness (QED) is 0.743. The second-order valence-electron chi connectivity index (χ2n) is 6.78. The predicted molar refractivity (Wildman–Crippen MR) is 73.9 cm³/mol. The molecule has 1 atom stereocenters. The number of ketones is 1. The Labute approximate surface area is 112 Å². The van der Waals surface area contributed by atoms with Crippen molar-refractivity contribution >= 4 is 5.78 Å². The van der Waals surface area contributed by atoms with Gasteiger partial charge >= 0.3 is 0 Å². The van der Waals surface area contributed by atoms with Crippen molar-refractivity contribution in [3.8, 4) is 6.07 Å². The highest BCUT2D eigenvalue weighted by Gasteiger charge is 2.34. The van der Waals surface area contributed by atoms with Crippen LogP contribution in [0.25, 0.3) is 0 Å². The third-order valence-electron chi connectivity index (χ3n) is 4.59. The summed E-state index contributed by atoms with van der Waals surface area (Å²) in [6.07, 6.45) is 5.61. The zero-order chi connectivity index (χ0) is 13.8. The highest BCUT2D eigenvalue weighted by atomic mass is 16.1. The van der Waals surface area contributed by atoms with Gasteiger partial charge in [-0.25, -0.2) is 0 Å². The van der Waals surface area contributed by atoms with E-state index in [0.29, 0.717) is 17.6 Å². The Bertz CT molecular complexity index is 313. The molecule has 0 aromatic rings. The molecule has 2 heteroatoms. The second-order valence-corrected chi connectivity index (χ2v) is 6.78. The summed E-state index contributed by atoms with van der Waals surface area (Å²) in [5, 5.41) is 8.76. The molecule has 1 aliphatic rings. The molecule has 0 aromatic carbocycles. The van der Waals surface area contributed by atoms with Crippen LogP contribution < -0.4 is 0 Å². The molecule has 0 aliphatic heterocycles. The third kappa shape index (κ3) is 3.83. The Morgan fingerprint density at radius 3 is 2.22 bits per heavy atom. The van der Waals surface area contributed by atoms with Gasteiger partial charge in [0.2, 0.25) is 0 Å². The van der Waals surface area contributed by atoms with E-state index in [0.717, 1.165) is 25.2 Å². The van der Waals surface area contributed by atoms with Crippen molar-refractivity contribution in [3.05, 3.63) is 0 Å². The van der Waals surface area contributed by atoms with Gasteiger partial charge in [-0.15, -0.1) is 0 Å². The number of hydrogen-bond donors (Lipinski definition) is 0. The minimum atomic E-state index is -0.0220. The lowest BCUT2D eigenvalue weighted by Crippen LogP contribution is -2.31. The molecule has 102 valence electrons. The fourth-order valence-electron chi connectivity index (χ4n) is 3.13. The summed E-state index contributed by atoms with van der Waals surface area (Å²) in [6.45, 7) is 8.90. The smallest absolute Gasteiger partial charge is 0.140 e. The number of nitriles is 1. The molecule has 1 saturated carbocycles. The van der Waals surface area contributed by atoms with E-state index in [2.05, 4.69) is 26.8 Å². The number of rotatable bonds is 4. The molecule has 2 nitrogen and oxygen atoms in total. The normalized spacial score (nSPS) is 26.4. The minimum Gasteiger partial charge on any atom is -0.299 e. The Morgan fingerprint density at radius 1 is 1.28 bits per heavy atom. The third-order valence-corrected chi connectivity index (χ3v) is 4.59. The Hall–Kier alpha value is -0.840. The van der Waals surface area contributed by atoms with Crippen LogP contribution in [0.3, 0.4) is 0 Å². The average Bonchev–Trinajstić information content (AvgIpc) is 2.34. The number of Topliss-reactive ketones (excluding diaryl/α,β-unsaturated/α-hetero) is 1. The number of carbonyl (C=O) groups is 1. The molecule has 0 aromatic heterocycles. The number of nitrogens with zero attached hydrogens (tertiary/aromatic N) is 1. The summed E-state index contributed by atoms with van der Waals surface area (Å²) >= 11 is 0. The monoisotopic (exact) mass is 249 g/mol. The lowest BCUT2D eigenvalue weighted by Gasteiger charge is -2.37. The SMILES string of the molecule is CCC(CC#N)C(=O)C1CCC(C(C)(C)C)CC1. The first-order chi connectivity index (χ1) is 8.40. The van der Waals surface area contributed by atoms with Gasteiger partial charge < -0.3 is 0 Å². The maximum Gasteiger partial charge on any atom is 0.140 e. The largest absolute Gasteiger partial charge is 0.299 e. The maximum absolute atomic E-state index is 12.3. The van der Waals surface area contributed by atoms with Crippen LogP contribution in [0.5, 0.6) is 0 Å². The molecular formula is C16H27NO. The van der Waals surface area contributed by atoms with Gasteiger partial charge in [0.25, 0.3) is 0 Å². The van der Waals surface area contributed by atoms with Gasteiger partial charge in [-0.2, -0.15) is 5.26 Å². The van der Waals surface area contributed by atoms with Gasteiger partial charge in [0, 0.05) is 18.3 Å². The topological polar surface area (TPSA) is 40.9 Å². The van der Waals surface area contributed by atoms with Crippen LogP contribution in [0.15, 0.2) is 0 Å². The molecule has 1 rings (SSSR count). The highest BCUT2D eigenvalue weighted by Crippen LogP contribution is 2.40. The Morgan fingerprint density at radius 2 is 1.83 bits per heavy atom. The van der Waals surface area contributed by atoms with Crippen LogP contribution in [-0.2, 0) is 4.79 Å². The molecule has 0 heterocycles. The Kier molecular flexibility index (Phi) is 5.38. The maximum atomic E-state index is 12.3. The van der Waals surface area contributed by atoms with Gasteiger partial charge in [0.1, 0.15) is 5.78 Å². The van der Waals surface area contributed by atoms with E-state index in [1.807, 2.05) is 6.92 Å². The first kappa shape index (κ1) is 15.2. The summed E-state index contributed by atoms with van der Waals surface area (Å²) in [5.41, 5.74) is 0.366. The summed E-state index contributed by atoms with van der Waals surface area (Å²) < 4.78 is 0. The highest BCUT2D eigenvalue weighted by molar-refractivity contribution is 5.83. The lowest BCUT2D eigenvalue weighted by molar-refractivity contribution is -0.128. The number of hydrogen-bond acceptors (Lipinski definition) is 2. The summed E-state index contributed by atoms with van der Waals surface area (Å²) in [4.78, 5) is 12.3. The van der Waals surface area contributed by atoms with E-state index in [-0.39, 0.29) is 11.8 Å². The fourth-order valence-corrected chi connectivity index (χ4v) is 3.13. The molecule has 0 N–H and O–H groups in total. The molecule has 0 amide bonds. The number of carbonyl (C=O) groups excluding carboxylic acids is 1. The van der Waals surface area contributed by atoms with Gasteiger partial charge in [0.05, 0.1) is 6.07 Å². The van der Waals surface area contributed by atoms with Crippen molar-refractivity contribution in [2.24, 2.45) is 23.2 Å². The first-order valence-corrected chi connectivity index (χ1v) is 7.30. The van der Waals surface area contributed by atoms with E-state index >= 15 is 0 Å². The van der Waals surface area contributed by atoms with Crippen molar-refractivity contribution < 1.29 is 4.79 Å². The standard InChI is InChI=1S/C16H27NO/c1-5-12(10-11-17)15(18)13-6-8-14(9-7-13)16(2,3)4/h12-14H,5-10H2,1-4H3. The van der Waals surface area contributed by atoms with Crippen LogP contribution in [-0.4, -0.2) is 5.78 Å². The molecule has 1 aliphatic carbocycles. The zero-order valence-electron chi connectivity index (χ0n) is 12.3. The van der Waals surface area contributed by atoms with Crippen LogP contribution >= 0.6 is 0 Å². The van der Waals surface area contributed by atoms with Crippen LogP contribution in [0.1, 0.15) is 66.2 Å². The Balaban J connectivity index is 2.52. The molecule has 0 spiro atoms. The van der Waals surface area contributed by atoms with Crippen molar-refractivity contribution in [2.45, 2.75) is 66.2 Å². The summed E-state index contributed by atoms with van der Waals surface area (Å²) in [7, 11) is 0. The van der Waals surface area contributed by atoms with Crippen LogP contribution in [0, 0.1) is 34.5 Å². The van der Waals surface area contributed by atoms with E-state index in [1.54, 1.807) is 0 Å². The molecule has 0 saturated heterocycles. The van der Waals surface area contributed by atoms with Crippen LogP contribution in [0.2, 0.25) is 0 Å². The van der Waals surface area contributed by atoms with Crippen molar-refractivity contribution in [3.63, 3.8) is 0 Å². The zero-order valence-corrected chi connectivity index (χ0v) is 12.3. The van der Waals surface area contributed by atoms with Gasteiger partial charge in [-0.05, 0) is 43.4 Å². The van der Waals surface area contributed by atoms with Crippen molar-refractivity contribution in [2.75, 3.05) is 0 Å². The van der Waals surface area contributed by atoms with Crippen molar-refractivity contribution in [1.29, 1.82) is 5.26 Å². The molecule has 0 radical (unpaired) electrons. The van der Waals surface area contributed by atoms with E-state index in [9.17, 15) is 4.79 Å². The van der Waals surface area contributed by atoms with Crippen LogP contribution in [0.4, 0.5) is 0 Å². The van der Waals surface area contributed by atoms with Gasteiger partial charge in [0.15, 0.2) is 0 Å². The lowest BCUT2D eigenvalue weighted by atomic mass is 9.68. The molecule has 1 unspecified atom stereocenters. The summed E-state index contributed by atoms with van der Waals surface area (Å²) in [6, 6.07) is 2.15. The van der Waals surface area contributed by atoms with E-state index in [1.165, 1.54) is 12.8 Å². The van der Waals surface area contributed by atoms with Gasteiger partial charge in [-0.1, -0.05) is 27.7 Å². The first-order valence-electron chi connectivity index (χ1n) is 7.30. The van der Waals surface area contributed by atoms with E-state index in [4.69, 9.17) is 5.26 Å².